The van der Waals surface area contributed by atoms with Crippen molar-refractivity contribution in [3.05, 3.63) is 59.8 Å². The molecule has 1 saturated carbocycles. The van der Waals surface area contributed by atoms with Crippen LogP contribution < -0.4 is 11.1 Å². The maximum atomic E-state index is 12.9. The lowest BCUT2D eigenvalue weighted by Gasteiger charge is -2.14. The predicted octanol–water partition coefficient (Wildman–Crippen LogP) is 1.98. The Morgan fingerprint density at radius 3 is 2.67 bits per heavy atom. The molecule has 3 rings (SSSR count). The highest BCUT2D eigenvalue weighted by Gasteiger charge is 2.45. The molecule has 1 fully saturated rings. The van der Waals surface area contributed by atoms with Crippen molar-refractivity contribution < 1.29 is 18.4 Å². The highest BCUT2D eigenvalue weighted by Crippen LogP contribution is 2.47. The third-order valence-electron chi connectivity index (χ3n) is 4.36. The van der Waals surface area contributed by atoms with Gasteiger partial charge in [0.15, 0.2) is 0 Å². The van der Waals surface area contributed by atoms with E-state index in [4.69, 9.17) is 10.2 Å². The Labute approximate surface area is 139 Å². The fourth-order valence-electron chi connectivity index (χ4n) is 2.83. The van der Waals surface area contributed by atoms with E-state index in [0.717, 1.165) is 17.7 Å². The first-order chi connectivity index (χ1) is 11.5. The molecule has 2 aromatic rings. The molecule has 1 aliphatic rings. The molecule has 0 saturated heterocycles. The summed E-state index contributed by atoms with van der Waals surface area (Å²) in [6, 6.07) is 9.56. The second kappa shape index (κ2) is 6.86. The minimum Gasteiger partial charge on any atom is -0.469 e. The van der Waals surface area contributed by atoms with Crippen molar-refractivity contribution in [1.29, 1.82) is 0 Å². The van der Waals surface area contributed by atoms with Crippen LogP contribution in [0, 0.1) is 17.7 Å². The Morgan fingerprint density at radius 2 is 2.04 bits per heavy atom. The lowest BCUT2D eigenvalue weighted by atomic mass is 9.98. The fourth-order valence-corrected chi connectivity index (χ4v) is 2.83. The molecule has 5 nitrogen and oxygen atoms in total. The molecule has 1 aromatic heterocycles. The van der Waals surface area contributed by atoms with Crippen LogP contribution in [-0.2, 0) is 16.0 Å². The second-order valence-electron chi connectivity index (χ2n) is 6.14. The molecule has 3 atom stereocenters. The van der Waals surface area contributed by atoms with Gasteiger partial charge in [0.1, 0.15) is 11.6 Å². The van der Waals surface area contributed by atoms with E-state index in [1.807, 2.05) is 6.07 Å². The van der Waals surface area contributed by atoms with Crippen molar-refractivity contribution in [3.8, 4) is 0 Å². The van der Waals surface area contributed by atoms with Gasteiger partial charge in [-0.15, -0.1) is 0 Å². The molecule has 6 heteroatoms. The van der Waals surface area contributed by atoms with Crippen LogP contribution >= 0.6 is 0 Å². The smallest absolute Gasteiger partial charge is 0.223 e. The Morgan fingerprint density at radius 1 is 1.29 bits per heavy atom. The molecule has 3 N–H and O–H groups in total. The van der Waals surface area contributed by atoms with Crippen molar-refractivity contribution in [2.75, 3.05) is 6.54 Å². The van der Waals surface area contributed by atoms with Gasteiger partial charge in [0.05, 0.1) is 12.2 Å². The number of rotatable bonds is 7. The third-order valence-corrected chi connectivity index (χ3v) is 4.36. The molecular weight excluding hydrogens is 311 g/mol. The number of carbonyl (C=O) groups excluding carboxylic acids is 2. The first kappa shape index (κ1) is 16.2. The van der Waals surface area contributed by atoms with E-state index < -0.39 is 11.8 Å². The molecule has 0 aliphatic heterocycles. The van der Waals surface area contributed by atoms with Crippen LogP contribution in [0.15, 0.2) is 47.1 Å². The van der Waals surface area contributed by atoms with Crippen LogP contribution in [0.1, 0.15) is 23.7 Å². The van der Waals surface area contributed by atoms with Crippen LogP contribution in [0.2, 0.25) is 0 Å². The van der Waals surface area contributed by atoms with Crippen LogP contribution in [-0.4, -0.2) is 18.4 Å². The van der Waals surface area contributed by atoms with Gasteiger partial charge in [-0.3, -0.25) is 9.59 Å². The van der Waals surface area contributed by atoms with Gasteiger partial charge in [0.2, 0.25) is 11.8 Å². The van der Waals surface area contributed by atoms with E-state index in [0.29, 0.717) is 6.42 Å². The molecule has 126 valence electrons. The molecule has 1 aromatic carbocycles. The number of primary amides is 1. The van der Waals surface area contributed by atoms with Crippen molar-refractivity contribution in [3.63, 3.8) is 0 Å². The number of nitrogens with one attached hydrogen (secondary N) is 1. The van der Waals surface area contributed by atoms with Crippen LogP contribution in [0.4, 0.5) is 4.39 Å². The fraction of sp³-hybridized carbons (Fsp3) is 0.333. The summed E-state index contributed by atoms with van der Waals surface area (Å²) in [5.41, 5.74) is 6.22. The summed E-state index contributed by atoms with van der Waals surface area (Å²) >= 11 is 0. The number of benzene rings is 1. The highest BCUT2D eigenvalue weighted by atomic mass is 19.1. The molecule has 1 aliphatic carbocycles. The largest absolute Gasteiger partial charge is 0.469 e. The second-order valence-corrected chi connectivity index (χ2v) is 6.14. The number of amides is 2. The molecule has 0 radical (unpaired) electrons. The van der Waals surface area contributed by atoms with Crippen molar-refractivity contribution in [1.82, 2.24) is 5.32 Å². The van der Waals surface area contributed by atoms with E-state index in [1.165, 1.54) is 12.1 Å². The monoisotopic (exact) mass is 330 g/mol. The molecule has 1 heterocycles. The highest BCUT2D eigenvalue weighted by molar-refractivity contribution is 5.84. The summed E-state index contributed by atoms with van der Waals surface area (Å²) in [7, 11) is 0. The summed E-state index contributed by atoms with van der Waals surface area (Å²) in [4.78, 5) is 23.8. The van der Waals surface area contributed by atoms with E-state index >= 15 is 0 Å². The van der Waals surface area contributed by atoms with Gasteiger partial charge < -0.3 is 15.5 Å². The standard InChI is InChI=1S/C18H19FN2O3/c19-13-5-3-11(4-6-13)8-12(17(20)22)10-21-18(23)15-9-14(15)16-2-1-7-24-16/h1-7,12,14-15H,8-10H2,(H2,20,22)(H,21,23)/t12-,14-,15+/m0/s1. The SMILES string of the molecule is NC(=O)[C@H](CNC(=O)[C@@H]1C[C@@H]1c1ccco1)Cc1ccc(F)cc1. The minimum absolute atomic E-state index is 0.0956. The van der Waals surface area contributed by atoms with E-state index in [-0.39, 0.29) is 30.1 Å². The quantitative estimate of drug-likeness (QED) is 0.814. The van der Waals surface area contributed by atoms with Crippen molar-refractivity contribution in [2.24, 2.45) is 17.6 Å². The Hall–Kier alpha value is -2.63. The maximum absolute atomic E-state index is 12.9. The minimum atomic E-state index is -0.528. The normalized spacial score (nSPS) is 20.4. The van der Waals surface area contributed by atoms with E-state index in [1.54, 1.807) is 24.5 Å². The number of hydrogen-bond donors (Lipinski definition) is 2. The zero-order valence-corrected chi connectivity index (χ0v) is 13.1. The lowest BCUT2D eigenvalue weighted by molar-refractivity contribution is -0.124. The van der Waals surface area contributed by atoms with Gasteiger partial charge >= 0.3 is 0 Å². The number of hydrogen-bond acceptors (Lipinski definition) is 3. The zero-order valence-electron chi connectivity index (χ0n) is 13.1. The molecule has 0 spiro atoms. The number of carbonyl (C=O) groups is 2. The molecule has 24 heavy (non-hydrogen) atoms. The van der Waals surface area contributed by atoms with Gasteiger partial charge in [-0.2, -0.15) is 0 Å². The van der Waals surface area contributed by atoms with Gasteiger partial charge in [-0.1, -0.05) is 12.1 Å². The average molecular weight is 330 g/mol. The van der Waals surface area contributed by atoms with Gasteiger partial charge in [0.25, 0.3) is 0 Å². The predicted molar refractivity (Wildman–Crippen MR) is 85.4 cm³/mol. The summed E-state index contributed by atoms with van der Waals surface area (Å²) in [6.07, 6.45) is 2.70. The van der Waals surface area contributed by atoms with Crippen LogP contribution in [0.25, 0.3) is 0 Å². The third kappa shape index (κ3) is 3.82. The summed E-state index contributed by atoms with van der Waals surface area (Å²) in [5.74, 6) is -0.632. The molecule has 2 amide bonds. The van der Waals surface area contributed by atoms with Gasteiger partial charge in [0, 0.05) is 18.4 Å². The topological polar surface area (TPSA) is 85.3 Å². The number of nitrogens with two attached hydrogens (primary N) is 1. The molecular formula is C18H19FN2O3. The Bertz CT molecular complexity index is 712. The number of furan rings is 1. The average Bonchev–Trinajstić information content (AvgIpc) is 3.18. The Balaban J connectivity index is 1.52. The molecule has 0 bridgehead atoms. The van der Waals surface area contributed by atoms with Gasteiger partial charge in [-0.25, -0.2) is 4.39 Å². The van der Waals surface area contributed by atoms with Crippen LogP contribution in [0.3, 0.4) is 0 Å². The zero-order chi connectivity index (χ0) is 17.1. The first-order valence-electron chi connectivity index (χ1n) is 7.89. The summed E-state index contributed by atoms with van der Waals surface area (Å²) in [6.45, 7) is 0.174. The van der Waals surface area contributed by atoms with Crippen LogP contribution in [0.5, 0.6) is 0 Å². The van der Waals surface area contributed by atoms with E-state index in [9.17, 15) is 14.0 Å². The van der Waals surface area contributed by atoms with E-state index in [2.05, 4.69) is 5.32 Å². The first-order valence-corrected chi connectivity index (χ1v) is 7.89. The number of halogens is 1. The summed E-state index contributed by atoms with van der Waals surface area (Å²) in [5, 5.41) is 2.79. The maximum Gasteiger partial charge on any atom is 0.223 e. The Kier molecular flexibility index (Phi) is 4.64. The summed E-state index contributed by atoms with van der Waals surface area (Å²) < 4.78 is 18.2. The van der Waals surface area contributed by atoms with Crippen molar-refractivity contribution >= 4 is 11.8 Å². The van der Waals surface area contributed by atoms with Gasteiger partial charge in [-0.05, 0) is 42.7 Å². The molecule has 0 unspecified atom stereocenters. The van der Waals surface area contributed by atoms with Crippen molar-refractivity contribution in [2.45, 2.75) is 18.8 Å². The lowest BCUT2D eigenvalue weighted by Crippen LogP contribution is -2.38.